The van der Waals surface area contributed by atoms with E-state index in [1.54, 1.807) is 6.20 Å². The Balaban J connectivity index is 1.79. The first-order chi connectivity index (χ1) is 9.24. The van der Waals surface area contributed by atoms with Crippen LogP contribution in [0.4, 0.5) is 0 Å². The van der Waals surface area contributed by atoms with Gasteiger partial charge in [-0.05, 0) is 53.0 Å². The maximum atomic E-state index is 10.3. The van der Waals surface area contributed by atoms with Crippen LogP contribution in [0.2, 0.25) is 0 Å². The summed E-state index contributed by atoms with van der Waals surface area (Å²) >= 11 is 0. The molecule has 0 radical (unpaired) electrons. The predicted molar refractivity (Wildman–Crippen MR) is 77.7 cm³/mol. The van der Waals surface area contributed by atoms with E-state index in [1.807, 2.05) is 39.8 Å². The minimum atomic E-state index is -0.714. The highest BCUT2D eigenvalue weighted by Crippen LogP contribution is 2.40. The van der Waals surface area contributed by atoms with Gasteiger partial charge in [0.25, 0.3) is 0 Å². The molecule has 0 aromatic carbocycles. The topological polar surface area (TPSA) is 51.6 Å². The largest absolute Gasteiger partial charge is 0.496 e. The molecule has 1 aromatic rings. The van der Waals surface area contributed by atoms with Gasteiger partial charge in [0.15, 0.2) is 0 Å². The van der Waals surface area contributed by atoms with E-state index in [-0.39, 0.29) is 11.2 Å². The molecule has 1 N–H and O–H groups in total. The molecule has 2 aliphatic rings. The Morgan fingerprint density at radius 3 is 2.10 bits per heavy atom. The summed E-state index contributed by atoms with van der Waals surface area (Å²) in [5.74, 6) is 0. The first-order valence-corrected chi connectivity index (χ1v) is 7.28. The predicted octanol–water partition coefficient (Wildman–Crippen LogP) is 1.75. The third-order valence-electron chi connectivity index (χ3n) is 4.97. The second-order valence-corrected chi connectivity index (χ2v) is 6.95. The number of aliphatic hydroxyl groups is 1. The van der Waals surface area contributed by atoms with Gasteiger partial charge < -0.3 is 14.4 Å². The van der Waals surface area contributed by atoms with Crippen molar-refractivity contribution >= 4 is 12.6 Å². The van der Waals surface area contributed by atoms with E-state index in [0.29, 0.717) is 0 Å². The maximum Gasteiger partial charge on any atom is 0.496 e. The van der Waals surface area contributed by atoms with E-state index in [4.69, 9.17) is 9.31 Å². The first kappa shape index (κ1) is 14.0. The number of aromatic nitrogens is 1. The Morgan fingerprint density at radius 2 is 1.70 bits per heavy atom. The van der Waals surface area contributed by atoms with Crippen LogP contribution < -0.4 is 5.46 Å². The zero-order valence-electron chi connectivity index (χ0n) is 12.6. The Bertz CT molecular complexity index is 492. The van der Waals surface area contributed by atoms with Gasteiger partial charge in [0, 0.05) is 11.7 Å². The smallest absolute Gasteiger partial charge is 0.399 e. The quantitative estimate of drug-likeness (QED) is 0.835. The van der Waals surface area contributed by atoms with E-state index in [0.717, 1.165) is 30.4 Å². The average molecular weight is 275 g/mol. The molecule has 4 nitrogen and oxygen atoms in total. The van der Waals surface area contributed by atoms with Crippen LogP contribution in [0.5, 0.6) is 0 Å². The van der Waals surface area contributed by atoms with Gasteiger partial charge in [-0.3, -0.25) is 4.98 Å². The standard InChI is InChI=1S/C15H22BNO3/c1-13(2)14(3,4)20-16(19-13)11-6-7-12(17-10-11)15(18)8-5-9-15/h6-7,10,18H,5,8-9H2,1-4H3. The van der Waals surface area contributed by atoms with Crippen molar-refractivity contribution in [2.75, 3.05) is 0 Å². The van der Waals surface area contributed by atoms with Crippen LogP contribution in [-0.4, -0.2) is 28.4 Å². The summed E-state index contributed by atoms with van der Waals surface area (Å²) in [4.78, 5) is 4.40. The molecule has 0 spiro atoms. The lowest BCUT2D eigenvalue weighted by atomic mass is 9.76. The summed E-state index contributed by atoms with van der Waals surface area (Å²) in [6.45, 7) is 8.13. The number of hydrogen-bond acceptors (Lipinski definition) is 4. The molecule has 1 aromatic heterocycles. The van der Waals surface area contributed by atoms with Crippen LogP contribution >= 0.6 is 0 Å². The Kier molecular flexibility index (Phi) is 3.02. The summed E-state index contributed by atoms with van der Waals surface area (Å²) in [6, 6.07) is 3.83. The van der Waals surface area contributed by atoms with E-state index in [9.17, 15) is 5.11 Å². The fourth-order valence-corrected chi connectivity index (χ4v) is 2.57. The Hall–Kier alpha value is -0.905. The molecule has 0 atom stereocenters. The number of pyridine rings is 1. The van der Waals surface area contributed by atoms with Gasteiger partial charge in [-0.2, -0.15) is 0 Å². The number of hydrogen-bond donors (Lipinski definition) is 1. The SMILES string of the molecule is CC1(C)OB(c2ccc(C3(O)CCC3)nc2)OC1(C)C. The molecule has 2 fully saturated rings. The van der Waals surface area contributed by atoms with Crippen molar-refractivity contribution < 1.29 is 14.4 Å². The van der Waals surface area contributed by atoms with Crippen molar-refractivity contribution in [3.05, 3.63) is 24.0 Å². The van der Waals surface area contributed by atoms with Crippen LogP contribution in [0.3, 0.4) is 0 Å². The molecule has 108 valence electrons. The highest BCUT2D eigenvalue weighted by molar-refractivity contribution is 6.62. The van der Waals surface area contributed by atoms with Crippen molar-refractivity contribution in [2.24, 2.45) is 0 Å². The molecule has 3 rings (SSSR count). The van der Waals surface area contributed by atoms with Crippen LogP contribution in [0.15, 0.2) is 18.3 Å². The van der Waals surface area contributed by atoms with Gasteiger partial charge in [0.1, 0.15) is 5.60 Å². The normalized spacial score (nSPS) is 26.4. The van der Waals surface area contributed by atoms with E-state index in [1.165, 1.54) is 0 Å². The minimum absolute atomic E-state index is 0.345. The molecule has 0 bridgehead atoms. The molecule has 1 aliphatic heterocycles. The number of rotatable bonds is 2. The fourth-order valence-electron chi connectivity index (χ4n) is 2.57. The maximum absolute atomic E-state index is 10.3. The molecule has 5 heteroatoms. The molecule has 1 aliphatic carbocycles. The lowest BCUT2D eigenvalue weighted by Gasteiger charge is -2.35. The van der Waals surface area contributed by atoms with Gasteiger partial charge in [-0.1, -0.05) is 6.07 Å². The van der Waals surface area contributed by atoms with Crippen LogP contribution in [0.1, 0.15) is 52.7 Å². The third-order valence-corrected chi connectivity index (χ3v) is 4.97. The zero-order chi connectivity index (χ0) is 14.6. The zero-order valence-corrected chi connectivity index (χ0v) is 12.6. The molecule has 2 heterocycles. The van der Waals surface area contributed by atoms with Crippen molar-refractivity contribution in [2.45, 2.75) is 63.8 Å². The van der Waals surface area contributed by atoms with Crippen molar-refractivity contribution in [3.63, 3.8) is 0 Å². The molecule has 1 saturated heterocycles. The first-order valence-electron chi connectivity index (χ1n) is 7.28. The lowest BCUT2D eigenvalue weighted by molar-refractivity contribution is -0.0426. The Morgan fingerprint density at radius 1 is 1.10 bits per heavy atom. The lowest BCUT2D eigenvalue weighted by Crippen LogP contribution is -2.41. The summed E-state index contributed by atoms with van der Waals surface area (Å²) in [5, 5.41) is 10.3. The van der Waals surface area contributed by atoms with Gasteiger partial charge in [0.05, 0.1) is 16.9 Å². The van der Waals surface area contributed by atoms with Gasteiger partial charge >= 0.3 is 7.12 Å². The van der Waals surface area contributed by atoms with Crippen LogP contribution in [0.25, 0.3) is 0 Å². The third kappa shape index (κ3) is 2.08. The van der Waals surface area contributed by atoms with Crippen LogP contribution in [0, 0.1) is 0 Å². The minimum Gasteiger partial charge on any atom is -0.399 e. The highest BCUT2D eigenvalue weighted by Gasteiger charge is 2.51. The fraction of sp³-hybridized carbons (Fsp3) is 0.667. The second kappa shape index (κ2) is 4.29. The highest BCUT2D eigenvalue weighted by atomic mass is 16.7. The van der Waals surface area contributed by atoms with Gasteiger partial charge in [-0.25, -0.2) is 0 Å². The van der Waals surface area contributed by atoms with Gasteiger partial charge in [0.2, 0.25) is 0 Å². The molecular formula is C15H22BNO3. The number of nitrogens with zero attached hydrogens (tertiary/aromatic N) is 1. The Labute approximate surface area is 120 Å². The van der Waals surface area contributed by atoms with Crippen molar-refractivity contribution in [3.8, 4) is 0 Å². The molecule has 0 unspecified atom stereocenters. The molecule has 0 amide bonds. The molecular weight excluding hydrogens is 253 g/mol. The summed E-state index contributed by atoms with van der Waals surface area (Å²) in [6.07, 6.45) is 4.43. The monoisotopic (exact) mass is 275 g/mol. The van der Waals surface area contributed by atoms with Crippen molar-refractivity contribution in [1.29, 1.82) is 0 Å². The molecule has 20 heavy (non-hydrogen) atoms. The summed E-state index contributed by atoms with van der Waals surface area (Å²) in [5.41, 5.74) is 0.249. The summed E-state index contributed by atoms with van der Waals surface area (Å²) < 4.78 is 12.0. The molecule has 1 saturated carbocycles. The van der Waals surface area contributed by atoms with E-state index < -0.39 is 12.7 Å². The second-order valence-electron chi connectivity index (χ2n) is 6.95. The van der Waals surface area contributed by atoms with Gasteiger partial charge in [-0.15, -0.1) is 0 Å². The van der Waals surface area contributed by atoms with Crippen LogP contribution in [-0.2, 0) is 14.9 Å². The van der Waals surface area contributed by atoms with Crippen molar-refractivity contribution in [1.82, 2.24) is 4.98 Å². The summed E-state index contributed by atoms with van der Waals surface area (Å²) in [7, 11) is -0.391. The average Bonchev–Trinajstić information content (AvgIpc) is 2.56. The van der Waals surface area contributed by atoms with E-state index in [2.05, 4.69) is 4.98 Å². The van der Waals surface area contributed by atoms with E-state index >= 15 is 0 Å².